The number of benzene rings is 2. The minimum atomic E-state index is -0.248. The molecule has 0 unspecified atom stereocenters. The van der Waals surface area contributed by atoms with Crippen molar-refractivity contribution >= 4 is 23.4 Å². The lowest BCUT2D eigenvalue weighted by atomic mass is 10.2. The van der Waals surface area contributed by atoms with Crippen molar-refractivity contribution in [3.8, 4) is 0 Å². The maximum Gasteiger partial charge on any atom is 0.232 e. The van der Waals surface area contributed by atoms with Gasteiger partial charge in [-0.05, 0) is 23.3 Å². The molecule has 1 aliphatic heterocycles. The maximum absolute atomic E-state index is 12.4. The Morgan fingerprint density at radius 3 is 2.22 bits per heavy atom. The Labute approximate surface area is 164 Å². The van der Waals surface area contributed by atoms with Crippen LogP contribution < -0.4 is 5.32 Å². The number of rotatable bonds is 6. The Morgan fingerprint density at radius 2 is 1.56 bits per heavy atom. The van der Waals surface area contributed by atoms with E-state index in [-0.39, 0.29) is 18.2 Å². The van der Waals surface area contributed by atoms with E-state index in [9.17, 15) is 9.59 Å². The Hall–Kier alpha value is -2.37. The molecule has 1 heterocycles. The number of piperazine rings is 1. The fourth-order valence-corrected chi connectivity index (χ4v) is 3.24. The standard InChI is InChI=1S/C21H24ClN3O2/c22-19-8-6-17(7-9-19)15-23-20(26)14-21(27)25-12-10-24(11-13-25)16-18-4-2-1-3-5-18/h1-9H,10-16H2,(H,23,26). The highest BCUT2D eigenvalue weighted by molar-refractivity contribution is 6.30. The van der Waals surface area contributed by atoms with Crippen molar-refractivity contribution < 1.29 is 9.59 Å². The molecule has 0 saturated carbocycles. The third-order valence-electron chi connectivity index (χ3n) is 4.69. The van der Waals surface area contributed by atoms with Crippen molar-refractivity contribution in [1.29, 1.82) is 0 Å². The summed E-state index contributed by atoms with van der Waals surface area (Å²) in [5.41, 5.74) is 2.23. The van der Waals surface area contributed by atoms with Crippen LogP contribution >= 0.6 is 11.6 Å². The number of carbonyl (C=O) groups is 2. The molecule has 0 aliphatic carbocycles. The highest BCUT2D eigenvalue weighted by Gasteiger charge is 2.22. The third-order valence-corrected chi connectivity index (χ3v) is 4.94. The normalized spacial score (nSPS) is 14.8. The van der Waals surface area contributed by atoms with E-state index in [1.54, 1.807) is 17.0 Å². The molecule has 0 spiro atoms. The van der Waals surface area contributed by atoms with Crippen LogP contribution in [-0.2, 0) is 22.7 Å². The van der Waals surface area contributed by atoms with Gasteiger partial charge in [-0.1, -0.05) is 54.1 Å². The van der Waals surface area contributed by atoms with Gasteiger partial charge in [0.1, 0.15) is 6.42 Å². The lowest BCUT2D eigenvalue weighted by Gasteiger charge is -2.34. The molecule has 0 bridgehead atoms. The first-order valence-electron chi connectivity index (χ1n) is 9.15. The molecule has 2 aromatic rings. The number of hydrogen-bond donors (Lipinski definition) is 1. The topological polar surface area (TPSA) is 52.7 Å². The van der Waals surface area contributed by atoms with Gasteiger partial charge in [0.2, 0.25) is 11.8 Å². The van der Waals surface area contributed by atoms with Gasteiger partial charge in [-0.3, -0.25) is 14.5 Å². The summed E-state index contributed by atoms with van der Waals surface area (Å²) >= 11 is 5.84. The van der Waals surface area contributed by atoms with Gasteiger partial charge < -0.3 is 10.2 Å². The van der Waals surface area contributed by atoms with Crippen molar-refractivity contribution in [2.24, 2.45) is 0 Å². The fraction of sp³-hybridized carbons (Fsp3) is 0.333. The number of amides is 2. The number of nitrogens with one attached hydrogen (secondary N) is 1. The Balaban J connectivity index is 1.38. The zero-order valence-corrected chi connectivity index (χ0v) is 16.0. The Bertz CT molecular complexity index is 757. The second-order valence-corrected chi connectivity index (χ2v) is 7.16. The first kappa shape index (κ1) is 19.4. The van der Waals surface area contributed by atoms with Crippen molar-refractivity contribution in [2.45, 2.75) is 19.5 Å². The van der Waals surface area contributed by atoms with Crippen LogP contribution in [-0.4, -0.2) is 47.8 Å². The van der Waals surface area contributed by atoms with E-state index >= 15 is 0 Å². The molecule has 0 radical (unpaired) electrons. The van der Waals surface area contributed by atoms with E-state index in [1.807, 2.05) is 30.3 Å². The predicted molar refractivity (Wildman–Crippen MR) is 106 cm³/mol. The summed E-state index contributed by atoms with van der Waals surface area (Å²) in [6, 6.07) is 17.6. The minimum Gasteiger partial charge on any atom is -0.352 e. The zero-order chi connectivity index (χ0) is 19.1. The van der Waals surface area contributed by atoms with Crippen molar-refractivity contribution in [3.63, 3.8) is 0 Å². The molecule has 0 atom stereocenters. The fourth-order valence-electron chi connectivity index (χ4n) is 3.11. The van der Waals surface area contributed by atoms with Gasteiger partial charge in [0.15, 0.2) is 0 Å². The van der Waals surface area contributed by atoms with E-state index in [1.165, 1.54) is 5.56 Å². The second kappa shape index (κ2) is 9.53. The van der Waals surface area contributed by atoms with Crippen LogP contribution in [0.4, 0.5) is 0 Å². The summed E-state index contributed by atoms with van der Waals surface area (Å²) < 4.78 is 0. The van der Waals surface area contributed by atoms with Gasteiger partial charge >= 0.3 is 0 Å². The van der Waals surface area contributed by atoms with Crippen LogP contribution in [0.2, 0.25) is 5.02 Å². The monoisotopic (exact) mass is 385 g/mol. The van der Waals surface area contributed by atoms with Crippen LogP contribution in [0.15, 0.2) is 54.6 Å². The number of nitrogens with zero attached hydrogens (tertiary/aromatic N) is 2. The molecular weight excluding hydrogens is 362 g/mol. The first-order chi connectivity index (χ1) is 13.1. The highest BCUT2D eigenvalue weighted by atomic mass is 35.5. The Morgan fingerprint density at radius 1 is 0.889 bits per heavy atom. The molecule has 3 rings (SSSR count). The van der Waals surface area contributed by atoms with Crippen molar-refractivity contribution in [3.05, 3.63) is 70.7 Å². The van der Waals surface area contributed by atoms with Crippen molar-refractivity contribution in [1.82, 2.24) is 15.1 Å². The van der Waals surface area contributed by atoms with Gasteiger partial charge in [0, 0.05) is 44.3 Å². The van der Waals surface area contributed by atoms with Gasteiger partial charge in [0.05, 0.1) is 0 Å². The quantitative estimate of drug-likeness (QED) is 0.778. The number of hydrogen-bond acceptors (Lipinski definition) is 3. The molecule has 27 heavy (non-hydrogen) atoms. The molecular formula is C21H24ClN3O2. The summed E-state index contributed by atoms with van der Waals surface area (Å²) in [7, 11) is 0. The van der Waals surface area contributed by atoms with Gasteiger partial charge in [-0.2, -0.15) is 0 Å². The van der Waals surface area contributed by atoms with E-state index in [2.05, 4.69) is 22.3 Å². The van der Waals surface area contributed by atoms with Crippen LogP contribution in [0, 0.1) is 0 Å². The maximum atomic E-state index is 12.4. The third kappa shape index (κ3) is 6.08. The van der Waals surface area contributed by atoms with Crippen LogP contribution in [0.5, 0.6) is 0 Å². The molecule has 0 aromatic heterocycles. The van der Waals surface area contributed by atoms with Crippen molar-refractivity contribution in [2.75, 3.05) is 26.2 Å². The summed E-state index contributed by atoms with van der Waals surface area (Å²) in [5.74, 6) is -0.357. The van der Waals surface area contributed by atoms with E-state index in [4.69, 9.17) is 11.6 Å². The molecule has 2 aromatic carbocycles. The molecule has 2 amide bonds. The summed E-state index contributed by atoms with van der Waals surface area (Å²) in [5, 5.41) is 3.45. The predicted octanol–water partition coefficient (Wildman–Crippen LogP) is 2.69. The van der Waals surface area contributed by atoms with Gasteiger partial charge in [0.25, 0.3) is 0 Å². The molecule has 6 heteroatoms. The van der Waals surface area contributed by atoms with Crippen LogP contribution in [0.1, 0.15) is 17.5 Å². The number of halogens is 1. The molecule has 5 nitrogen and oxygen atoms in total. The summed E-state index contributed by atoms with van der Waals surface area (Å²) in [6.07, 6.45) is -0.105. The molecule has 1 N–H and O–H groups in total. The number of carbonyl (C=O) groups excluding carboxylic acids is 2. The Kier molecular flexibility index (Phi) is 6.85. The lowest BCUT2D eigenvalue weighted by molar-refractivity contribution is -0.137. The minimum absolute atomic E-state index is 0.105. The van der Waals surface area contributed by atoms with E-state index in [0.717, 1.165) is 25.2 Å². The van der Waals surface area contributed by atoms with Gasteiger partial charge in [-0.15, -0.1) is 0 Å². The second-order valence-electron chi connectivity index (χ2n) is 6.72. The largest absolute Gasteiger partial charge is 0.352 e. The summed E-state index contributed by atoms with van der Waals surface area (Å²) in [4.78, 5) is 28.5. The smallest absolute Gasteiger partial charge is 0.232 e. The molecule has 1 aliphatic rings. The van der Waals surface area contributed by atoms with E-state index < -0.39 is 0 Å². The average Bonchev–Trinajstić information content (AvgIpc) is 2.69. The summed E-state index contributed by atoms with van der Waals surface area (Å²) in [6.45, 7) is 4.27. The highest BCUT2D eigenvalue weighted by Crippen LogP contribution is 2.10. The van der Waals surface area contributed by atoms with Crippen LogP contribution in [0.3, 0.4) is 0 Å². The van der Waals surface area contributed by atoms with Gasteiger partial charge in [-0.25, -0.2) is 0 Å². The molecule has 1 fully saturated rings. The van der Waals surface area contributed by atoms with E-state index in [0.29, 0.717) is 24.7 Å². The zero-order valence-electron chi connectivity index (χ0n) is 15.2. The molecule has 1 saturated heterocycles. The lowest BCUT2D eigenvalue weighted by Crippen LogP contribution is -2.49. The molecule has 142 valence electrons. The average molecular weight is 386 g/mol. The van der Waals surface area contributed by atoms with Crippen LogP contribution in [0.25, 0.3) is 0 Å². The first-order valence-corrected chi connectivity index (χ1v) is 9.53. The SMILES string of the molecule is O=C(CC(=O)N1CCN(Cc2ccccc2)CC1)NCc1ccc(Cl)cc1.